The third kappa shape index (κ3) is 3.80. The molecule has 2 N–H and O–H groups in total. The molecule has 1 aliphatic heterocycles. The van der Waals surface area contributed by atoms with Crippen LogP contribution in [0, 0.1) is 11.3 Å². The van der Waals surface area contributed by atoms with Crippen LogP contribution in [-0.4, -0.2) is 24.5 Å². The molecular formula is C14H15N3O3. The Morgan fingerprint density at radius 1 is 1.35 bits per heavy atom. The first-order valence-electron chi connectivity index (χ1n) is 6.38. The van der Waals surface area contributed by atoms with Crippen molar-refractivity contribution in [2.45, 2.75) is 25.4 Å². The first-order valence-corrected chi connectivity index (χ1v) is 6.38. The van der Waals surface area contributed by atoms with Crippen molar-refractivity contribution in [2.75, 3.05) is 17.2 Å². The molecular weight excluding hydrogens is 258 g/mol. The summed E-state index contributed by atoms with van der Waals surface area (Å²) < 4.78 is 5.30. The molecule has 0 aliphatic carbocycles. The van der Waals surface area contributed by atoms with Gasteiger partial charge in [-0.15, -0.1) is 0 Å². The quantitative estimate of drug-likeness (QED) is 0.872. The maximum atomic E-state index is 11.9. The summed E-state index contributed by atoms with van der Waals surface area (Å²) in [6, 6.07) is 8.55. The summed E-state index contributed by atoms with van der Waals surface area (Å²) in [4.78, 5) is 23.2. The highest BCUT2D eigenvalue weighted by atomic mass is 16.5. The van der Waals surface area contributed by atoms with E-state index in [1.165, 1.54) is 0 Å². The van der Waals surface area contributed by atoms with E-state index < -0.39 is 6.10 Å². The summed E-state index contributed by atoms with van der Waals surface area (Å²) in [5.41, 5.74) is 1.12. The van der Waals surface area contributed by atoms with Gasteiger partial charge in [0.25, 0.3) is 5.91 Å². The number of anilines is 2. The first kappa shape index (κ1) is 14.0. The molecule has 1 fully saturated rings. The van der Waals surface area contributed by atoms with Crippen LogP contribution in [0.2, 0.25) is 0 Å². The molecule has 6 heteroatoms. The number of rotatable bonds is 4. The van der Waals surface area contributed by atoms with Gasteiger partial charge in [-0.3, -0.25) is 9.59 Å². The summed E-state index contributed by atoms with van der Waals surface area (Å²) in [6.45, 7) is 0.613. The molecule has 0 radical (unpaired) electrons. The normalized spacial score (nSPS) is 17.2. The van der Waals surface area contributed by atoms with Crippen molar-refractivity contribution in [3.63, 3.8) is 0 Å². The number of benzene rings is 1. The van der Waals surface area contributed by atoms with Gasteiger partial charge in [-0.05, 0) is 31.0 Å². The Kier molecular flexibility index (Phi) is 4.69. The molecule has 0 aromatic heterocycles. The van der Waals surface area contributed by atoms with Crippen LogP contribution in [0.5, 0.6) is 0 Å². The number of nitriles is 1. The lowest BCUT2D eigenvalue weighted by Gasteiger charge is -2.11. The predicted molar refractivity (Wildman–Crippen MR) is 72.9 cm³/mol. The summed E-state index contributed by atoms with van der Waals surface area (Å²) in [6.07, 6.45) is 1.02. The molecule has 1 heterocycles. The van der Waals surface area contributed by atoms with Crippen LogP contribution in [0.1, 0.15) is 19.3 Å². The first-order chi connectivity index (χ1) is 9.69. The van der Waals surface area contributed by atoms with Gasteiger partial charge in [-0.25, -0.2) is 0 Å². The zero-order valence-electron chi connectivity index (χ0n) is 10.9. The molecule has 1 unspecified atom stereocenters. The predicted octanol–water partition coefficient (Wildman–Crippen LogP) is 1.66. The molecule has 0 bridgehead atoms. The van der Waals surface area contributed by atoms with Crippen molar-refractivity contribution in [1.29, 1.82) is 5.26 Å². The number of hydrogen-bond acceptors (Lipinski definition) is 4. The third-order valence-corrected chi connectivity index (χ3v) is 2.88. The van der Waals surface area contributed by atoms with Crippen molar-refractivity contribution < 1.29 is 14.3 Å². The SMILES string of the molecule is N#CCC(=O)Nc1cccc(NC(=O)C2CCCO2)c1. The van der Waals surface area contributed by atoms with Crippen LogP contribution in [-0.2, 0) is 14.3 Å². The lowest BCUT2D eigenvalue weighted by molar-refractivity contribution is -0.124. The number of carbonyl (C=O) groups is 2. The minimum atomic E-state index is -0.396. The van der Waals surface area contributed by atoms with Gasteiger partial charge in [-0.2, -0.15) is 5.26 Å². The Balaban J connectivity index is 1.97. The molecule has 2 rings (SSSR count). The highest BCUT2D eigenvalue weighted by Gasteiger charge is 2.23. The highest BCUT2D eigenvalue weighted by Crippen LogP contribution is 2.18. The molecule has 1 atom stereocenters. The van der Waals surface area contributed by atoms with E-state index in [1.807, 2.05) is 0 Å². The summed E-state index contributed by atoms with van der Waals surface area (Å²) >= 11 is 0. The fraction of sp³-hybridized carbons (Fsp3) is 0.357. The average Bonchev–Trinajstić information content (AvgIpc) is 2.93. The second kappa shape index (κ2) is 6.68. The van der Waals surface area contributed by atoms with Crippen LogP contribution in [0.15, 0.2) is 24.3 Å². The Morgan fingerprint density at radius 2 is 2.10 bits per heavy atom. The fourth-order valence-electron chi connectivity index (χ4n) is 1.96. The third-order valence-electron chi connectivity index (χ3n) is 2.88. The molecule has 1 aliphatic rings. The Morgan fingerprint density at radius 3 is 2.75 bits per heavy atom. The lowest BCUT2D eigenvalue weighted by Crippen LogP contribution is -2.26. The molecule has 6 nitrogen and oxygen atoms in total. The minimum absolute atomic E-state index is 0.178. The molecule has 0 saturated carbocycles. The van der Waals surface area contributed by atoms with Crippen LogP contribution in [0.4, 0.5) is 11.4 Å². The van der Waals surface area contributed by atoms with Gasteiger partial charge in [0.2, 0.25) is 5.91 Å². The molecule has 1 aromatic rings. The monoisotopic (exact) mass is 273 g/mol. The molecule has 0 spiro atoms. The summed E-state index contributed by atoms with van der Waals surface area (Å²) in [5.74, 6) is -0.557. The van der Waals surface area contributed by atoms with Gasteiger partial charge >= 0.3 is 0 Å². The van der Waals surface area contributed by atoms with E-state index in [0.717, 1.165) is 12.8 Å². The van der Waals surface area contributed by atoms with Crippen molar-refractivity contribution in [1.82, 2.24) is 0 Å². The van der Waals surface area contributed by atoms with E-state index in [9.17, 15) is 9.59 Å². The molecule has 1 aromatic carbocycles. The van der Waals surface area contributed by atoms with Gasteiger partial charge in [0.05, 0.1) is 6.07 Å². The minimum Gasteiger partial charge on any atom is -0.368 e. The van der Waals surface area contributed by atoms with Gasteiger partial charge < -0.3 is 15.4 Å². The summed E-state index contributed by atoms with van der Waals surface area (Å²) in [7, 11) is 0. The lowest BCUT2D eigenvalue weighted by atomic mass is 10.2. The summed E-state index contributed by atoms with van der Waals surface area (Å²) in [5, 5.41) is 13.8. The van der Waals surface area contributed by atoms with E-state index in [-0.39, 0.29) is 18.2 Å². The molecule has 20 heavy (non-hydrogen) atoms. The van der Waals surface area contributed by atoms with Gasteiger partial charge in [-0.1, -0.05) is 6.07 Å². The number of nitrogens with zero attached hydrogens (tertiary/aromatic N) is 1. The van der Waals surface area contributed by atoms with Gasteiger partial charge in [0, 0.05) is 18.0 Å². The molecule has 2 amide bonds. The topological polar surface area (TPSA) is 91.2 Å². The highest BCUT2D eigenvalue weighted by molar-refractivity contribution is 5.96. The van der Waals surface area contributed by atoms with Crippen LogP contribution < -0.4 is 10.6 Å². The number of nitrogens with one attached hydrogen (secondary N) is 2. The van der Waals surface area contributed by atoms with Crippen molar-refractivity contribution in [3.8, 4) is 6.07 Å². The van der Waals surface area contributed by atoms with E-state index in [1.54, 1.807) is 30.3 Å². The van der Waals surface area contributed by atoms with E-state index in [4.69, 9.17) is 10.00 Å². The van der Waals surface area contributed by atoms with E-state index in [2.05, 4.69) is 10.6 Å². The smallest absolute Gasteiger partial charge is 0.253 e. The largest absolute Gasteiger partial charge is 0.368 e. The Bertz CT molecular complexity index is 545. The number of carbonyl (C=O) groups excluding carboxylic acids is 2. The zero-order valence-corrected chi connectivity index (χ0v) is 10.9. The number of amides is 2. The van der Waals surface area contributed by atoms with Crippen molar-refractivity contribution >= 4 is 23.2 Å². The maximum absolute atomic E-state index is 11.9. The van der Waals surface area contributed by atoms with Gasteiger partial charge in [0.1, 0.15) is 12.5 Å². The fourth-order valence-corrected chi connectivity index (χ4v) is 1.96. The number of hydrogen-bond donors (Lipinski definition) is 2. The van der Waals surface area contributed by atoms with Crippen molar-refractivity contribution in [3.05, 3.63) is 24.3 Å². The van der Waals surface area contributed by atoms with Crippen LogP contribution in [0.3, 0.4) is 0 Å². The zero-order chi connectivity index (χ0) is 14.4. The van der Waals surface area contributed by atoms with E-state index in [0.29, 0.717) is 18.0 Å². The van der Waals surface area contributed by atoms with Crippen molar-refractivity contribution in [2.24, 2.45) is 0 Å². The molecule has 1 saturated heterocycles. The number of ether oxygens (including phenoxy) is 1. The average molecular weight is 273 g/mol. The van der Waals surface area contributed by atoms with E-state index >= 15 is 0 Å². The van der Waals surface area contributed by atoms with Crippen LogP contribution in [0.25, 0.3) is 0 Å². The second-order valence-electron chi connectivity index (χ2n) is 4.45. The Labute approximate surface area is 116 Å². The van der Waals surface area contributed by atoms with Gasteiger partial charge in [0.15, 0.2) is 0 Å². The maximum Gasteiger partial charge on any atom is 0.253 e. The Hall–Kier alpha value is -2.39. The molecule has 104 valence electrons. The standard InChI is InChI=1S/C14H15N3O3/c15-7-6-13(18)16-10-3-1-4-11(9-10)17-14(19)12-5-2-8-20-12/h1,3-4,9,12H,2,5-6,8H2,(H,16,18)(H,17,19). The van der Waals surface area contributed by atoms with Crippen LogP contribution >= 0.6 is 0 Å². The second-order valence-corrected chi connectivity index (χ2v) is 4.45.